The molecule has 0 atom stereocenters. The first-order valence-electron chi connectivity index (χ1n) is 4.45. The van der Waals surface area contributed by atoms with E-state index in [1.165, 1.54) is 12.0 Å². The quantitative estimate of drug-likeness (QED) is 0.726. The van der Waals surface area contributed by atoms with Gasteiger partial charge in [0, 0.05) is 7.05 Å². The second-order valence-electron chi connectivity index (χ2n) is 3.24. The zero-order chi connectivity index (χ0) is 11.9. The van der Waals surface area contributed by atoms with E-state index in [0.29, 0.717) is 21.3 Å². The van der Waals surface area contributed by atoms with E-state index in [1.54, 1.807) is 19.2 Å². The zero-order valence-corrected chi connectivity index (χ0v) is 10.1. The second kappa shape index (κ2) is 3.96. The first kappa shape index (κ1) is 11.2. The van der Waals surface area contributed by atoms with Crippen LogP contribution in [0.2, 0.25) is 10.0 Å². The van der Waals surface area contributed by atoms with Gasteiger partial charge in [0.05, 0.1) is 21.3 Å². The molecule has 4 nitrogen and oxygen atoms in total. The molecule has 2 rings (SSSR count). The smallest absolute Gasteiger partial charge is 0.280 e. The van der Waals surface area contributed by atoms with Gasteiger partial charge in [-0.3, -0.25) is 4.79 Å². The molecule has 16 heavy (non-hydrogen) atoms. The van der Waals surface area contributed by atoms with Crippen LogP contribution in [0.15, 0.2) is 17.3 Å². The Morgan fingerprint density at radius 1 is 1.38 bits per heavy atom. The number of rotatable bonds is 1. The Morgan fingerprint density at radius 3 is 2.69 bits per heavy atom. The monoisotopic (exact) mass is 258 g/mol. The van der Waals surface area contributed by atoms with Gasteiger partial charge >= 0.3 is 0 Å². The number of carbonyl (C=O) groups excluding carboxylic acids is 1. The molecule has 0 aromatic heterocycles. The lowest BCUT2D eigenvalue weighted by molar-refractivity contribution is -0.112. The van der Waals surface area contributed by atoms with E-state index in [4.69, 9.17) is 23.2 Å². The van der Waals surface area contributed by atoms with E-state index in [-0.39, 0.29) is 11.6 Å². The number of oxime groups is 1. The van der Waals surface area contributed by atoms with E-state index < -0.39 is 0 Å². The van der Waals surface area contributed by atoms with Crippen LogP contribution in [0, 0.1) is 0 Å². The van der Waals surface area contributed by atoms with E-state index >= 15 is 0 Å². The predicted octanol–water partition coefficient (Wildman–Crippen LogP) is 2.32. The second-order valence-corrected chi connectivity index (χ2v) is 4.03. The molecule has 1 amide bonds. The Hall–Kier alpha value is -1.26. The molecule has 0 bridgehead atoms. The van der Waals surface area contributed by atoms with Gasteiger partial charge in [-0.05, 0) is 12.1 Å². The van der Waals surface area contributed by atoms with Crippen molar-refractivity contribution in [2.24, 2.45) is 5.16 Å². The van der Waals surface area contributed by atoms with Crippen molar-refractivity contribution in [1.29, 1.82) is 0 Å². The molecule has 0 fully saturated rings. The number of amides is 1. The highest BCUT2D eigenvalue weighted by atomic mass is 35.5. The fraction of sp³-hybridized carbons (Fsp3) is 0.200. The molecule has 0 N–H and O–H groups in total. The third-order valence-electron chi connectivity index (χ3n) is 2.36. The van der Waals surface area contributed by atoms with Gasteiger partial charge in [0.25, 0.3) is 5.91 Å². The molecule has 84 valence electrons. The van der Waals surface area contributed by atoms with E-state index in [9.17, 15) is 4.79 Å². The lowest BCUT2D eigenvalue weighted by Crippen LogP contribution is -2.25. The fourth-order valence-electron chi connectivity index (χ4n) is 1.60. The maximum absolute atomic E-state index is 11.8. The number of benzene rings is 1. The highest BCUT2D eigenvalue weighted by molar-refractivity contribution is 6.58. The van der Waals surface area contributed by atoms with Gasteiger partial charge in [-0.1, -0.05) is 28.4 Å². The topological polar surface area (TPSA) is 41.9 Å². The number of halogens is 2. The van der Waals surface area contributed by atoms with E-state index in [2.05, 4.69) is 9.99 Å². The maximum atomic E-state index is 11.8. The summed E-state index contributed by atoms with van der Waals surface area (Å²) in [4.78, 5) is 17.9. The summed E-state index contributed by atoms with van der Waals surface area (Å²) in [6.45, 7) is 0. The Labute approximate surface area is 102 Å². The molecular weight excluding hydrogens is 251 g/mol. The van der Waals surface area contributed by atoms with Crippen LogP contribution in [0.1, 0.15) is 5.56 Å². The summed E-state index contributed by atoms with van der Waals surface area (Å²) in [5.41, 5.74) is 1.37. The molecule has 1 aromatic rings. The lowest BCUT2D eigenvalue weighted by atomic mass is 10.1. The highest BCUT2D eigenvalue weighted by Gasteiger charge is 2.34. The third-order valence-corrected chi connectivity index (χ3v) is 3.17. The molecule has 1 aliphatic heterocycles. The summed E-state index contributed by atoms with van der Waals surface area (Å²) in [7, 11) is 3.01. The van der Waals surface area contributed by atoms with Crippen LogP contribution in [-0.4, -0.2) is 25.8 Å². The Morgan fingerprint density at radius 2 is 2.06 bits per heavy atom. The normalized spacial score (nSPS) is 16.9. The molecule has 6 heteroatoms. The van der Waals surface area contributed by atoms with Crippen molar-refractivity contribution in [2.45, 2.75) is 0 Å². The number of likely N-dealkylation sites (N-methyl/N-ethyl adjacent to an activating group) is 1. The van der Waals surface area contributed by atoms with Crippen LogP contribution in [0.5, 0.6) is 0 Å². The van der Waals surface area contributed by atoms with Crippen molar-refractivity contribution in [3.8, 4) is 0 Å². The molecule has 0 unspecified atom stereocenters. The summed E-state index contributed by atoms with van der Waals surface area (Å²) in [5.74, 6) is -0.263. The Kier molecular flexibility index (Phi) is 2.78. The number of hydrogen-bond acceptors (Lipinski definition) is 3. The Balaban J connectivity index is 2.72. The van der Waals surface area contributed by atoms with Gasteiger partial charge in [0.15, 0.2) is 5.71 Å². The molecule has 1 aliphatic rings. The van der Waals surface area contributed by atoms with Gasteiger partial charge < -0.3 is 9.74 Å². The van der Waals surface area contributed by atoms with Crippen LogP contribution in [-0.2, 0) is 9.63 Å². The summed E-state index contributed by atoms with van der Waals surface area (Å²) in [5, 5.41) is 4.38. The summed E-state index contributed by atoms with van der Waals surface area (Å²) in [6.07, 6.45) is 0. The van der Waals surface area contributed by atoms with E-state index in [0.717, 1.165) is 0 Å². The van der Waals surface area contributed by atoms with Crippen LogP contribution in [0.3, 0.4) is 0 Å². The standard InChI is InChI=1S/C10H8Cl2N2O2/c1-14-6-4-3-5(11)8(12)7(6)9(10(14)15)13-16-2/h3-4H,1-2H3. The number of anilines is 1. The minimum atomic E-state index is -0.263. The predicted molar refractivity (Wildman–Crippen MR) is 63.4 cm³/mol. The van der Waals surface area contributed by atoms with E-state index in [1.807, 2.05) is 0 Å². The van der Waals surface area contributed by atoms with Crippen LogP contribution >= 0.6 is 23.2 Å². The third kappa shape index (κ3) is 1.45. The van der Waals surface area contributed by atoms with Crippen molar-refractivity contribution < 1.29 is 9.63 Å². The van der Waals surface area contributed by atoms with Crippen molar-refractivity contribution in [3.63, 3.8) is 0 Å². The van der Waals surface area contributed by atoms with Crippen LogP contribution < -0.4 is 4.90 Å². The van der Waals surface area contributed by atoms with Crippen molar-refractivity contribution >= 4 is 40.5 Å². The van der Waals surface area contributed by atoms with Gasteiger partial charge in [-0.2, -0.15) is 0 Å². The van der Waals surface area contributed by atoms with Gasteiger partial charge in [-0.25, -0.2) is 0 Å². The van der Waals surface area contributed by atoms with Gasteiger partial charge in [-0.15, -0.1) is 0 Å². The molecule has 0 radical (unpaired) electrons. The largest absolute Gasteiger partial charge is 0.398 e. The highest BCUT2D eigenvalue weighted by Crippen LogP contribution is 2.37. The molecule has 0 saturated carbocycles. The number of hydrogen-bond donors (Lipinski definition) is 0. The minimum Gasteiger partial charge on any atom is -0.398 e. The molecular formula is C10H8Cl2N2O2. The van der Waals surface area contributed by atoms with Crippen molar-refractivity contribution in [1.82, 2.24) is 0 Å². The zero-order valence-electron chi connectivity index (χ0n) is 8.62. The van der Waals surface area contributed by atoms with Gasteiger partial charge in [0.2, 0.25) is 0 Å². The molecule has 0 aliphatic carbocycles. The number of fused-ring (bicyclic) bond motifs is 1. The average molecular weight is 259 g/mol. The lowest BCUT2D eigenvalue weighted by Gasteiger charge is -2.08. The SMILES string of the molecule is CON=C1C(=O)N(C)c2ccc(Cl)c(Cl)c21. The average Bonchev–Trinajstić information content (AvgIpc) is 2.50. The molecule has 0 saturated heterocycles. The maximum Gasteiger partial charge on any atom is 0.280 e. The van der Waals surface area contributed by atoms with Crippen LogP contribution in [0.25, 0.3) is 0 Å². The molecule has 0 spiro atoms. The van der Waals surface area contributed by atoms with Crippen molar-refractivity contribution in [2.75, 3.05) is 19.1 Å². The van der Waals surface area contributed by atoms with Crippen LogP contribution in [0.4, 0.5) is 5.69 Å². The molecule has 1 heterocycles. The van der Waals surface area contributed by atoms with Gasteiger partial charge in [0.1, 0.15) is 7.11 Å². The fourth-order valence-corrected chi connectivity index (χ4v) is 2.00. The first-order valence-corrected chi connectivity index (χ1v) is 5.21. The summed E-state index contributed by atoms with van der Waals surface area (Å²) < 4.78 is 0. The summed E-state index contributed by atoms with van der Waals surface area (Å²) in [6, 6.07) is 3.36. The number of carbonyl (C=O) groups is 1. The Bertz CT molecular complexity index is 500. The first-order chi connectivity index (χ1) is 7.57. The molecule has 1 aromatic carbocycles. The van der Waals surface area contributed by atoms with Crippen molar-refractivity contribution in [3.05, 3.63) is 27.7 Å². The minimum absolute atomic E-state index is 0.174. The number of nitrogens with zero attached hydrogens (tertiary/aromatic N) is 2. The summed E-state index contributed by atoms with van der Waals surface area (Å²) >= 11 is 11.9.